The van der Waals surface area contributed by atoms with E-state index in [4.69, 9.17) is 4.98 Å². The Labute approximate surface area is 220 Å². The Balaban J connectivity index is 1.31. The lowest BCUT2D eigenvalue weighted by Crippen LogP contribution is -2.93. The van der Waals surface area contributed by atoms with Crippen molar-refractivity contribution in [3.63, 3.8) is 0 Å². The van der Waals surface area contributed by atoms with Gasteiger partial charge in [-0.05, 0) is 56.9 Å². The van der Waals surface area contributed by atoms with Crippen molar-refractivity contribution in [3.8, 4) is 0 Å². The summed E-state index contributed by atoms with van der Waals surface area (Å²) in [6.07, 6.45) is 9.86. The van der Waals surface area contributed by atoms with Gasteiger partial charge in [-0.25, -0.2) is 4.98 Å². The molecule has 0 bridgehead atoms. The number of carbonyl (C=O) groups is 1. The summed E-state index contributed by atoms with van der Waals surface area (Å²) in [5, 5.41) is 6.09. The fourth-order valence-electron chi connectivity index (χ4n) is 8.04. The number of quaternary nitrogens is 2. The van der Waals surface area contributed by atoms with Crippen LogP contribution in [0.15, 0.2) is 30.3 Å². The predicted octanol–water partition coefficient (Wildman–Crippen LogP) is 2.75. The van der Waals surface area contributed by atoms with E-state index in [0.717, 1.165) is 50.4 Å². The molecule has 6 heteroatoms. The summed E-state index contributed by atoms with van der Waals surface area (Å²) >= 11 is 1.87. The van der Waals surface area contributed by atoms with Gasteiger partial charge in [0, 0.05) is 23.9 Å². The van der Waals surface area contributed by atoms with Gasteiger partial charge in [-0.3, -0.25) is 4.79 Å². The largest absolute Gasteiger partial charge is 0.345 e. The molecule has 1 aromatic carbocycles. The number of piperidine rings is 1. The van der Waals surface area contributed by atoms with Gasteiger partial charge < -0.3 is 15.5 Å². The first-order chi connectivity index (χ1) is 17.5. The third-order valence-corrected chi connectivity index (χ3v) is 11.2. The van der Waals surface area contributed by atoms with Crippen LogP contribution in [0.3, 0.4) is 0 Å². The van der Waals surface area contributed by atoms with E-state index in [0.29, 0.717) is 29.8 Å². The normalized spacial score (nSPS) is 33.4. The van der Waals surface area contributed by atoms with Crippen molar-refractivity contribution >= 4 is 17.2 Å². The van der Waals surface area contributed by atoms with Crippen LogP contribution in [-0.2, 0) is 16.6 Å². The van der Waals surface area contributed by atoms with E-state index >= 15 is 0 Å². The van der Waals surface area contributed by atoms with E-state index in [1.165, 1.54) is 48.2 Å². The topological polar surface area (TPSA) is 66.4 Å². The summed E-state index contributed by atoms with van der Waals surface area (Å²) in [5.74, 6) is 1.76. The molecule has 5 atom stereocenters. The van der Waals surface area contributed by atoms with Crippen LogP contribution in [0.4, 0.5) is 0 Å². The third kappa shape index (κ3) is 4.43. The van der Waals surface area contributed by atoms with Crippen LogP contribution in [-0.4, -0.2) is 54.1 Å². The van der Waals surface area contributed by atoms with Crippen LogP contribution in [0.5, 0.6) is 0 Å². The van der Waals surface area contributed by atoms with Crippen molar-refractivity contribution in [3.05, 3.63) is 51.5 Å². The van der Waals surface area contributed by atoms with Crippen LogP contribution in [0.2, 0.25) is 0 Å². The highest BCUT2D eigenvalue weighted by Gasteiger charge is 2.58. The van der Waals surface area contributed by atoms with Crippen molar-refractivity contribution in [1.29, 1.82) is 0 Å². The fourth-order valence-corrected chi connectivity index (χ4v) is 9.25. The molecule has 3 aliphatic heterocycles. The number of nitrogens with two attached hydrogens (primary N) is 2. The number of amides is 1. The lowest BCUT2D eigenvalue weighted by Gasteiger charge is -2.46. The number of aromatic nitrogens is 1. The molecule has 2 aromatic rings. The number of hydrogen-bond donors (Lipinski definition) is 2. The van der Waals surface area contributed by atoms with Gasteiger partial charge in [0.15, 0.2) is 0 Å². The minimum Gasteiger partial charge on any atom is -0.345 e. The maximum Gasteiger partial charge on any atom is 0.233 e. The Bertz CT molecular complexity index is 1060. The average molecular weight is 509 g/mol. The summed E-state index contributed by atoms with van der Waals surface area (Å²) in [4.78, 5) is 23.5. The van der Waals surface area contributed by atoms with Gasteiger partial charge in [0.05, 0.1) is 36.4 Å². The molecule has 36 heavy (non-hydrogen) atoms. The Morgan fingerprint density at radius 3 is 2.72 bits per heavy atom. The molecule has 4 heterocycles. The molecule has 5 nitrogen and oxygen atoms in total. The molecular formula is C30H44N4OS+2. The van der Waals surface area contributed by atoms with Crippen LogP contribution in [0.1, 0.15) is 78.9 Å². The molecule has 1 aliphatic carbocycles. The summed E-state index contributed by atoms with van der Waals surface area (Å²) in [6.45, 7) is 8.35. The first-order valence-corrected chi connectivity index (χ1v) is 15.3. The van der Waals surface area contributed by atoms with E-state index < -0.39 is 0 Å². The van der Waals surface area contributed by atoms with Gasteiger partial charge in [-0.2, -0.15) is 0 Å². The lowest BCUT2D eigenvalue weighted by molar-refractivity contribution is -0.697. The third-order valence-electron chi connectivity index (χ3n) is 9.93. The number of nitrogens with zero attached hydrogens (tertiary/aromatic N) is 2. The van der Waals surface area contributed by atoms with E-state index in [1.54, 1.807) is 0 Å². The molecule has 1 aromatic heterocycles. The van der Waals surface area contributed by atoms with Crippen LogP contribution in [0, 0.1) is 18.8 Å². The van der Waals surface area contributed by atoms with Crippen molar-refractivity contribution in [1.82, 2.24) is 9.88 Å². The molecular weight excluding hydrogens is 464 g/mol. The standard InChI is InChI=1S/C30H42N4OS/c1-20-15-26-28(36-21(2)33-26)30(19-32-20)18-31-17-25(30)29(35)34-14-13-24(22-9-5-3-6-10-22)16-27(34)23-11-7-4-8-12-23/h3,5-6,9-10,20,23-25,27,31-32H,4,7-8,11-19H2,1-2H3/p+2/t20?,24-,25?,27+,30+/m1/s1. The average Bonchev–Trinajstić information content (AvgIpc) is 3.48. The van der Waals surface area contributed by atoms with Crippen molar-refractivity contribution in [2.75, 3.05) is 26.2 Å². The van der Waals surface area contributed by atoms with Gasteiger partial charge in [0.2, 0.25) is 5.91 Å². The highest BCUT2D eigenvalue weighted by Crippen LogP contribution is 2.44. The molecule has 0 radical (unpaired) electrons. The molecule has 2 unspecified atom stereocenters. The number of rotatable bonds is 3. The fraction of sp³-hybridized carbons (Fsp3) is 0.667. The smallest absolute Gasteiger partial charge is 0.233 e. The minimum atomic E-state index is -0.0729. The summed E-state index contributed by atoms with van der Waals surface area (Å²) in [5.41, 5.74) is 2.67. The molecule has 4 aliphatic rings. The number of aryl methyl sites for hydroxylation is 1. The molecule has 3 fully saturated rings. The van der Waals surface area contributed by atoms with E-state index in [1.807, 2.05) is 11.3 Å². The highest BCUT2D eigenvalue weighted by molar-refractivity contribution is 7.11. The second kappa shape index (κ2) is 10.2. The van der Waals surface area contributed by atoms with E-state index in [9.17, 15) is 4.79 Å². The Hall–Kier alpha value is -1.76. The molecule has 6 rings (SSSR count). The van der Waals surface area contributed by atoms with Crippen molar-refractivity contribution in [2.45, 2.75) is 88.6 Å². The lowest BCUT2D eigenvalue weighted by atomic mass is 9.72. The van der Waals surface area contributed by atoms with Gasteiger partial charge in [-0.15, -0.1) is 11.3 Å². The van der Waals surface area contributed by atoms with Gasteiger partial charge in [0.1, 0.15) is 11.3 Å². The van der Waals surface area contributed by atoms with Crippen LogP contribution in [0.25, 0.3) is 0 Å². The van der Waals surface area contributed by atoms with Gasteiger partial charge in [-0.1, -0.05) is 49.6 Å². The summed E-state index contributed by atoms with van der Waals surface area (Å²) < 4.78 is 0. The Kier molecular flexibility index (Phi) is 6.95. The molecule has 4 N–H and O–H groups in total. The molecule has 2 saturated heterocycles. The van der Waals surface area contributed by atoms with Crippen LogP contribution < -0.4 is 10.6 Å². The van der Waals surface area contributed by atoms with Crippen LogP contribution >= 0.6 is 11.3 Å². The van der Waals surface area contributed by atoms with Gasteiger partial charge in [0.25, 0.3) is 0 Å². The Morgan fingerprint density at radius 1 is 1.11 bits per heavy atom. The number of carbonyl (C=O) groups excluding carboxylic acids is 1. The maximum absolute atomic E-state index is 14.7. The summed E-state index contributed by atoms with van der Waals surface area (Å²) in [6, 6.07) is 12.0. The number of likely N-dealkylation sites (tertiary alicyclic amines) is 1. The Morgan fingerprint density at radius 2 is 1.92 bits per heavy atom. The molecule has 194 valence electrons. The second-order valence-electron chi connectivity index (χ2n) is 12.2. The minimum absolute atomic E-state index is 0.0667. The SMILES string of the molecule is Cc1nc2c(s1)[C@@]1(C[NH2+]CC1C(=O)N1CC[C@@H](c3ccccc3)C[C@H]1C1CCCCC1)C[NH2+]C(C)C2. The summed E-state index contributed by atoms with van der Waals surface area (Å²) in [7, 11) is 0. The number of thiazole rings is 1. The van der Waals surface area contributed by atoms with E-state index in [2.05, 4.69) is 59.7 Å². The van der Waals surface area contributed by atoms with Crippen molar-refractivity contribution < 1.29 is 15.4 Å². The molecule has 1 spiro atoms. The van der Waals surface area contributed by atoms with E-state index in [-0.39, 0.29) is 11.3 Å². The zero-order valence-corrected chi connectivity index (χ0v) is 22.9. The number of hydrogen-bond acceptors (Lipinski definition) is 3. The van der Waals surface area contributed by atoms with Crippen molar-refractivity contribution in [2.24, 2.45) is 11.8 Å². The van der Waals surface area contributed by atoms with Gasteiger partial charge >= 0.3 is 0 Å². The highest BCUT2D eigenvalue weighted by atomic mass is 32.1. The quantitative estimate of drug-likeness (QED) is 0.670. The monoisotopic (exact) mass is 508 g/mol. The number of benzene rings is 1. The molecule has 1 saturated carbocycles. The number of fused-ring (bicyclic) bond motifs is 2. The maximum atomic E-state index is 14.7. The predicted molar refractivity (Wildman–Crippen MR) is 144 cm³/mol. The first kappa shape index (κ1) is 24.6. The zero-order valence-electron chi connectivity index (χ0n) is 22.1. The first-order valence-electron chi connectivity index (χ1n) is 14.5. The molecule has 1 amide bonds. The zero-order chi connectivity index (χ0) is 24.7. The second-order valence-corrected chi connectivity index (χ2v) is 13.4.